The zero-order valence-corrected chi connectivity index (χ0v) is 9.77. The highest BCUT2D eigenvalue weighted by molar-refractivity contribution is 5.86. The van der Waals surface area contributed by atoms with Crippen molar-refractivity contribution in [2.24, 2.45) is 4.99 Å². The Balaban J connectivity index is 2.21. The monoisotopic (exact) mass is 229 g/mol. The van der Waals surface area contributed by atoms with Crippen LogP contribution in [0.3, 0.4) is 0 Å². The first-order valence-corrected chi connectivity index (χ1v) is 5.51. The number of hydrogen-bond donors (Lipinski definition) is 2. The minimum absolute atomic E-state index is 0.0696. The number of nitrogens with zero attached hydrogens (tertiary/aromatic N) is 1. The average molecular weight is 229 g/mol. The van der Waals surface area contributed by atoms with E-state index in [2.05, 4.69) is 4.99 Å². The number of hydrogen-bond acceptors (Lipinski definition) is 4. The fourth-order valence-electron chi connectivity index (χ4n) is 1.73. The van der Waals surface area contributed by atoms with E-state index in [9.17, 15) is 9.90 Å². The third-order valence-electron chi connectivity index (χ3n) is 2.29. The van der Waals surface area contributed by atoms with Gasteiger partial charge in [0.25, 0.3) is 0 Å². The second-order valence-corrected chi connectivity index (χ2v) is 4.54. The van der Waals surface area contributed by atoms with Gasteiger partial charge in [0.2, 0.25) is 0 Å². The molecule has 1 atom stereocenters. The molecule has 0 spiro atoms. The van der Waals surface area contributed by atoms with Gasteiger partial charge in [0.1, 0.15) is 0 Å². The van der Waals surface area contributed by atoms with Crippen LogP contribution in [0.5, 0.6) is 0 Å². The van der Waals surface area contributed by atoms with Crippen LogP contribution in [0, 0.1) is 0 Å². The van der Waals surface area contributed by atoms with Gasteiger partial charge in [0.15, 0.2) is 5.79 Å². The van der Waals surface area contributed by atoms with Crippen LogP contribution < -0.4 is 0 Å². The van der Waals surface area contributed by atoms with Crippen molar-refractivity contribution in [2.45, 2.75) is 51.4 Å². The summed E-state index contributed by atoms with van der Waals surface area (Å²) in [5, 5.41) is 18.0. The Morgan fingerprint density at radius 1 is 1.62 bits per heavy atom. The smallest absolute Gasteiger partial charge is 0.303 e. The van der Waals surface area contributed by atoms with E-state index in [1.807, 2.05) is 0 Å². The fraction of sp³-hybridized carbons (Fsp3) is 0.818. The molecule has 0 aromatic rings. The third kappa shape index (κ3) is 5.23. The molecule has 0 fully saturated rings. The number of aliphatic hydroxyl groups is 1. The molecule has 0 saturated carbocycles. The van der Waals surface area contributed by atoms with E-state index in [1.165, 1.54) is 0 Å². The summed E-state index contributed by atoms with van der Waals surface area (Å²) in [6.07, 6.45) is 2.13. The molecular formula is C11H19NO4. The first-order valence-electron chi connectivity index (χ1n) is 5.51. The van der Waals surface area contributed by atoms with Gasteiger partial charge in [0, 0.05) is 18.6 Å². The maximum atomic E-state index is 10.3. The van der Waals surface area contributed by atoms with Crippen molar-refractivity contribution in [1.29, 1.82) is 0 Å². The minimum Gasteiger partial charge on any atom is -0.481 e. The summed E-state index contributed by atoms with van der Waals surface area (Å²) in [7, 11) is 0. The number of carboxylic acids is 1. The van der Waals surface area contributed by atoms with Crippen molar-refractivity contribution < 1.29 is 19.7 Å². The van der Waals surface area contributed by atoms with E-state index in [4.69, 9.17) is 9.84 Å². The van der Waals surface area contributed by atoms with Gasteiger partial charge in [-0.1, -0.05) is 0 Å². The molecule has 1 rings (SSSR count). The predicted octanol–water partition coefficient (Wildman–Crippen LogP) is 1.20. The molecule has 0 radical (unpaired) electrons. The predicted molar refractivity (Wildman–Crippen MR) is 59.6 cm³/mol. The van der Waals surface area contributed by atoms with Gasteiger partial charge in [-0.15, -0.1) is 0 Å². The molecule has 1 heterocycles. The Kier molecular flexibility index (Phi) is 4.44. The van der Waals surface area contributed by atoms with Crippen LogP contribution in [0.1, 0.15) is 39.5 Å². The molecule has 0 aromatic carbocycles. The summed E-state index contributed by atoms with van der Waals surface area (Å²) >= 11 is 0. The molecule has 2 N–H and O–H groups in total. The SMILES string of the molecule is CC(C)(O)O[C@H]1CN=C(CCCC(=O)O)C1. The van der Waals surface area contributed by atoms with Crippen LogP contribution in [0.15, 0.2) is 4.99 Å². The van der Waals surface area contributed by atoms with Crippen LogP contribution in [0.2, 0.25) is 0 Å². The molecular weight excluding hydrogens is 210 g/mol. The van der Waals surface area contributed by atoms with Crippen molar-refractivity contribution in [2.75, 3.05) is 6.54 Å². The molecule has 0 saturated heterocycles. The fourth-order valence-corrected chi connectivity index (χ4v) is 1.73. The summed E-state index contributed by atoms with van der Waals surface area (Å²) < 4.78 is 5.38. The van der Waals surface area contributed by atoms with Crippen LogP contribution in [-0.2, 0) is 9.53 Å². The van der Waals surface area contributed by atoms with Gasteiger partial charge in [-0.25, -0.2) is 0 Å². The summed E-state index contributed by atoms with van der Waals surface area (Å²) in [5.41, 5.74) is 0.996. The van der Waals surface area contributed by atoms with E-state index in [1.54, 1.807) is 13.8 Å². The molecule has 0 aliphatic carbocycles. The molecule has 5 heteroatoms. The van der Waals surface area contributed by atoms with Crippen molar-refractivity contribution in [3.05, 3.63) is 0 Å². The van der Waals surface area contributed by atoms with E-state index >= 15 is 0 Å². The Bertz CT molecular complexity index is 280. The minimum atomic E-state index is -1.13. The Morgan fingerprint density at radius 3 is 2.88 bits per heavy atom. The van der Waals surface area contributed by atoms with Crippen molar-refractivity contribution in [3.63, 3.8) is 0 Å². The lowest BCUT2D eigenvalue weighted by atomic mass is 10.1. The molecule has 0 bridgehead atoms. The molecule has 0 aromatic heterocycles. The van der Waals surface area contributed by atoms with Crippen LogP contribution >= 0.6 is 0 Å². The van der Waals surface area contributed by atoms with Gasteiger partial charge >= 0.3 is 5.97 Å². The van der Waals surface area contributed by atoms with Crippen molar-refractivity contribution in [3.8, 4) is 0 Å². The van der Waals surface area contributed by atoms with Crippen LogP contribution in [0.25, 0.3) is 0 Å². The second-order valence-electron chi connectivity index (χ2n) is 4.54. The highest BCUT2D eigenvalue weighted by atomic mass is 16.6. The molecule has 0 amide bonds. The Labute approximate surface area is 95.1 Å². The summed E-state index contributed by atoms with van der Waals surface area (Å²) in [6.45, 7) is 3.75. The zero-order valence-electron chi connectivity index (χ0n) is 9.77. The number of aliphatic imine (C=N–C) groups is 1. The number of carbonyl (C=O) groups is 1. The summed E-state index contributed by atoms with van der Waals surface area (Å²) in [6, 6.07) is 0. The lowest BCUT2D eigenvalue weighted by Crippen LogP contribution is -2.30. The van der Waals surface area contributed by atoms with Gasteiger partial charge in [-0.05, 0) is 26.7 Å². The van der Waals surface area contributed by atoms with Gasteiger partial charge < -0.3 is 14.9 Å². The third-order valence-corrected chi connectivity index (χ3v) is 2.29. The van der Waals surface area contributed by atoms with Gasteiger partial charge in [0.05, 0.1) is 12.6 Å². The topological polar surface area (TPSA) is 79.1 Å². The Hall–Kier alpha value is -0.940. The molecule has 92 valence electrons. The quantitative estimate of drug-likeness (QED) is 0.671. The molecule has 5 nitrogen and oxygen atoms in total. The summed E-state index contributed by atoms with van der Waals surface area (Å²) in [4.78, 5) is 14.6. The highest BCUT2D eigenvalue weighted by Crippen LogP contribution is 2.18. The first-order chi connectivity index (χ1) is 7.37. The zero-order chi connectivity index (χ0) is 12.2. The normalized spacial score (nSPS) is 20.9. The van der Waals surface area contributed by atoms with E-state index in [0.717, 1.165) is 5.71 Å². The van der Waals surface area contributed by atoms with E-state index < -0.39 is 11.8 Å². The molecule has 1 aliphatic heterocycles. The lowest BCUT2D eigenvalue weighted by Gasteiger charge is -2.22. The van der Waals surface area contributed by atoms with Crippen molar-refractivity contribution >= 4 is 11.7 Å². The average Bonchev–Trinajstić information content (AvgIpc) is 2.48. The number of ether oxygens (including phenoxy) is 1. The number of rotatable bonds is 6. The van der Waals surface area contributed by atoms with Crippen LogP contribution in [0.4, 0.5) is 0 Å². The standard InChI is InChI=1S/C11H19NO4/c1-11(2,15)16-9-6-8(12-7-9)4-3-5-10(13)14/h9,15H,3-7H2,1-2H3,(H,13,14)/t9-/m1/s1. The van der Waals surface area contributed by atoms with Gasteiger partial charge in [-0.3, -0.25) is 9.79 Å². The second kappa shape index (κ2) is 5.41. The largest absolute Gasteiger partial charge is 0.481 e. The van der Waals surface area contributed by atoms with E-state index in [-0.39, 0.29) is 12.5 Å². The van der Waals surface area contributed by atoms with Crippen LogP contribution in [-0.4, -0.2) is 40.3 Å². The molecule has 1 aliphatic rings. The highest BCUT2D eigenvalue weighted by Gasteiger charge is 2.25. The van der Waals surface area contributed by atoms with E-state index in [0.29, 0.717) is 25.8 Å². The van der Waals surface area contributed by atoms with Crippen molar-refractivity contribution in [1.82, 2.24) is 0 Å². The lowest BCUT2D eigenvalue weighted by molar-refractivity contribution is -0.199. The number of carboxylic acid groups (broad SMARTS) is 1. The Morgan fingerprint density at radius 2 is 2.31 bits per heavy atom. The number of aliphatic carboxylic acids is 1. The molecule has 16 heavy (non-hydrogen) atoms. The maximum absolute atomic E-state index is 10.3. The van der Waals surface area contributed by atoms with Gasteiger partial charge in [-0.2, -0.15) is 0 Å². The summed E-state index contributed by atoms with van der Waals surface area (Å²) in [5.74, 6) is -1.90. The maximum Gasteiger partial charge on any atom is 0.303 e. The first kappa shape index (κ1) is 13.1. The molecule has 0 unspecified atom stereocenters.